The number of benzene rings is 1. The number of ether oxygens (including phenoxy) is 1. The summed E-state index contributed by atoms with van der Waals surface area (Å²) in [5.41, 5.74) is 1.04. The lowest BCUT2D eigenvalue weighted by atomic mass is 9.78. The number of hydrogen-bond acceptors (Lipinski definition) is 4. The third kappa shape index (κ3) is 4.67. The maximum absolute atomic E-state index is 12.3. The van der Waals surface area contributed by atoms with Crippen LogP contribution in [0.3, 0.4) is 0 Å². The summed E-state index contributed by atoms with van der Waals surface area (Å²) in [5, 5.41) is 3.00. The summed E-state index contributed by atoms with van der Waals surface area (Å²) in [4.78, 5) is 38.0. The highest BCUT2D eigenvalue weighted by Gasteiger charge is 2.28. The third-order valence-electron chi connectivity index (χ3n) is 5.85. The Hall–Kier alpha value is -2.37. The van der Waals surface area contributed by atoms with E-state index in [1.165, 1.54) is 6.42 Å². The number of esters is 1. The molecule has 27 heavy (non-hydrogen) atoms. The van der Waals surface area contributed by atoms with Crippen LogP contribution in [0.4, 0.5) is 5.69 Å². The van der Waals surface area contributed by atoms with Crippen LogP contribution in [0.15, 0.2) is 24.3 Å². The molecule has 0 bridgehead atoms. The molecular formula is C21H28N2O4. The molecule has 3 atom stereocenters. The summed E-state index contributed by atoms with van der Waals surface area (Å²) >= 11 is 0. The largest absolute Gasteiger partial charge is 0.452 e. The molecule has 1 aliphatic carbocycles. The van der Waals surface area contributed by atoms with Crippen LogP contribution in [0.25, 0.3) is 0 Å². The Bertz CT molecular complexity index is 718. The molecule has 1 N–H and O–H groups in total. The molecular weight excluding hydrogens is 344 g/mol. The predicted octanol–water partition coefficient (Wildman–Crippen LogP) is 2.91. The van der Waals surface area contributed by atoms with E-state index in [0.717, 1.165) is 19.3 Å². The maximum Gasteiger partial charge on any atom is 0.338 e. The lowest BCUT2D eigenvalue weighted by Crippen LogP contribution is -2.45. The van der Waals surface area contributed by atoms with Gasteiger partial charge in [-0.25, -0.2) is 4.79 Å². The molecule has 0 radical (unpaired) electrons. The minimum atomic E-state index is -0.552. The topological polar surface area (TPSA) is 75.7 Å². The molecule has 0 unspecified atom stereocenters. The van der Waals surface area contributed by atoms with Gasteiger partial charge >= 0.3 is 5.97 Å². The van der Waals surface area contributed by atoms with E-state index < -0.39 is 5.97 Å². The average molecular weight is 372 g/mol. The van der Waals surface area contributed by atoms with Crippen LogP contribution in [-0.2, 0) is 14.3 Å². The summed E-state index contributed by atoms with van der Waals surface area (Å²) in [7, 11) is 0. The molecule has 6 heteroatoms. The van der Waals surface area contributed by atoms with E-state index in [9.17, 15) is 14.4 Å². The summed E-state index contributed by atoms with van der Waals surface area (Å²) in [6, 6.07) is 6.95. The van der Waals surface area contributed by atoms with Crippen molar-refractivity contribution < 1.29 is 19.1 Å². The van der Waals surface area contributed by atoms with Gasteiger partial charge in [0.15, 0.2) is 6.61 Å². The molecule has 1 saturated carbocycles. The number of amides is 2. The van der Waals surface area contributed by atoms with Crippen molar-refractivity contribution in [1.29, 1.82) is 0 Å². The van der Waals surface area contributed by atoms with E-state index in [-0.39, 0.29) is 24.5 Å². The first-order chi connectivity index (χ1) is 13.0. The highest BCUT2D eigenvalue weighted by Crippen LogP contribution is 2.29. The minimum absolute atomic E-state index is 0.0655. The molecule has 0 spiro atoms. The van der Waals surface area contributed by atoms with Crippen molar-refractivity contribution in [1.82, 2.24) is 5.32 Å². The molecule has 0 aromatic heterocycles. The summed E-state index contributed by atoms with van der Waals surface area (Å²) in [6.07, 6.45) is 4.63. The standard InChI is InChI=1S/C21H28N2O4/c1-14-6-3-9-18(15(14)2)22-19(24)13-27-21(26)16-7-4-8-17(12-16)23-11-5-10-20(23)25/h4,7-8,12,14-15,18H,3,5-6,9-11,13H2,1-2H3,(H,22,24)/t14-,15+,18-/m0/s1. The van der Waals surface area contributed by atoms with Crippen molar-refractivity contribution in [3.05, 3.63) is 29.8 Å². The third-order valence-corrected chi connectivity index (χ3v) is 5.85. The van der Waals surface area contributed by atoms with Crippen molar-refractivity contribution in [3.63, 3.8) is 0 Å². The summed E-state index contributed by atoms with van der Waals surface area (Å²) in [6.45, 7) is 4.74. The first kappa shape index (κ1) is 19.4. The highest BCUT2D eigenvalue weighted by atomic mass is 16.5. The molecule has 1 aromatic carbocycles. The molecule has 1 heterocycles. The molecule has 1 saturated heterocycles. The zero-order valence-corrected chi connectivity index (χ0v) is 16.1. The number of rotatable bonds is 5. The van der Waals surface area contributed by atoms with Crippen LogP contribution in [0.1, 0.15) is 56.3 Å². The monoisotopic (exact) mass is 372 g/mol. The fraction of sp³-hybridized carbons (Fsp3) is 0.571. The first-order valence-electron chi connectivity index (χ1n) is 9.82. The average Bonchev–Trinajstić information content (AvgIpc) is 3.09. The maximum atomic E-state index is 12.3. The highest BCUT2D eigenvalue weighted by molar-refractivity contribution is 5.97. The number of carbonyl (C=O) groups is 3. The Labute approximate surface area is 160 Å². The number of nitrogens with one attached hydrogen (secondary N) is 1. The molecule has 1 aromatic rings. The first-order valence-corrected chi connectivity index (χ1v) is 9.82. The Morgan fingerprint density at radius 3 is 2.78 bits per heavy atom. The van der Waals surface area contributed by atoms with Crippen molar-refractivity contribution in [2.75, 3.05) is 18.1 Å². The summed E-state index contributed by atoms with van der Waals surface area (Å²) < 4.78 is 5.18. The van der Waals surface area contributed by atoms with Gasteiger partial charge in [-0.05, 0) is 42.9 Å². The Morgan fingerprint density at radius 1 is 1.22 bits per heavy atom. The van der Waals surface area contributed by atoms with Crippen molar-refractivity contribution >= 4 is 23.5 Å². The molecule has 3 rings (SSSR count). The van der Waals surface area contributed by atoms with Crippen LogP contribution in [0.5, 0.6) is 0 Å². The summed E-state index contributed by atoms with van der Waals surface area (Å²) in [5.74, 6) is 0.260. The van der Waals surface area contributed by atoms with Gasteiger partial charge in [0.05, 0.1) is 5.56 Å². The van der Waals surface area contributed by atoms with Crippen LogP contribution >= 0.6 is 0 Å². The van der Waals surface area contributed by atoms with E-state index in [1.54, 1.807) is 29.2 Å². The molecule has 2 amide bonds. The second-order valence-electron chi connectivity index (χ2n) is 7.72. The fourth-order valence-corrected chi connectivity index (χ4v) is 3.97. The van der Waals surface area contributed by atoms with Gasteiger partial charge in [-0.3, -0.25) is 9.59 Å². The van der Waals surface area contributed by atoms with Gasteiger partial charge in [0.25, 0.3) is 5.91 Å². The van der Waals surface area contributed by atoms with Gasteiger partial charge in [0.1, 0.15) is 0 Å². The quantitative estimate of drug-likeness (QED) is 0.807. The van der Waals surface area contributed by atoms with Gasteiger partial charge < -0.3 is 15.0 Å². The molecule has 2 fully saturated rings. The van der Waals surface area contributed by atoms with Crippen LogP contribution in [0, 0.1) is 11.8 Å². The Morgan fingerprint density at radius 2 is 2.04 bits per heavy atom. The van der Waals surface area contributed by atoms with Gasteiger partial charge in [-0.1, -0.05) is 32.8 Å². The molecule has 2 aliphatic rings. The second kappa shape index (κ2) is 8.55. The number of carbonyl (C=O) groups excluding carboxylic acids is 3. The van der Waals surface area contributed by atoms with E-state index in [0.29, 0.717) is 36.1 Å². The van der Waals surface area contributed by atoms with Gasteiger partial charge in [0.2, 0.25) is 5.91 Å². The molecule has 1 aliphatic heterocycles. The van der Waals surface area contributed by atoms with Crippen LogP contribution in [-0.4, -0.2) is 37.0 Å². The van der Waals surface area contributed by atoms with Crippen molar-refractivity contribution in [2.24, 2.45) is 11.8 Å². The van der Waals surface area contributed by atoms with E-state index in [1.807, 2.05) is 0 Å². The minimum Gasteiger partial charge on any atom is -0.452 e. The van der Waals surface area contributed by atoms with Gasteiger partial charge in [0, 0.05) is 24.7 Å². The van der Waals surface area contributed by atoms with E-state index in [4.69, 9.17) is 4.74 Å². The normalized spacial score (nSPS) is 25.3. The van der Waals surface area contributed by atoms with Crippen molar-refractivity contribution in [3.8, 4) is 0 Å². The van der Waals surface area contributed by atoms with Crippen molar-refractivity contribution in [2.45, 2.75) is 52.0 Å². The lowest BCUT2D eigenvalue weighted by molar-refractivity contribution is -0.125. The van der Waals surface area contributed by atoms with E-state index in [2.05, 4.69) is 19.2 Å². The van der Waals surface area contributed by atoms with Gasteiger partial charge in [-0.15, -0.1) is 0 Å². The second-order valence-corrected chi connectivity index (χ2v) is 7.72. The fourth-order valence-electron chi connectivity index (χ4n) is 3.97. The van der Waals surface area contributed by atoms with Crippen LogP contribution < -0.4 is 10.2 Å². The van der Waals surface area contributed by atoms with E-state index >= 15 is 0 Å². The van der Waals surface area contributed by atoms with Crippen LogP contribution in [0.2, 0.25) is 0 Å². The molecule has 6 nitrogen and oxygen atoms in total. The zero-order chi connectivity index (χ0) is 19.4. The number of nitrogens with zero attached hydrogens (tertiary/aromatic N) is 1. The molecule has 146 valence electrons. The number of hydrogen-bond donors (Lipinski definition) is 1. The SMILES string of the molecule is C[C@H]1[C@@H](NC(=O)COC(=O)c2cccc(N3CCCC3=O)c2)CCC[C@@H]1C. The zero-order valence-electron chi connectivity index (χ0n) is 16.1. The van der Waals surface area contributed by atoms with Gasteiger partial charge in [-0.2, -0.15) is 0 Å². The number of anilines is 1. The lowest BCUT2D eigenvalue weighted by Gasteiger charge is -2.34. The predicted molar refractivity (Wildman–Crippen MR) is 102 cm³/mol. The smallest absolute Gasteiger partial charge is 0.338 e. The Kier molecular flexibility index (Phi) is 6.14. The Balaban J connectivity index is 1.53.